The Balaban J connectivity index is 0.00000144. The molecule has 0 heterocycles. The molecule has 0 radical (unpaired) electrons. The second kappa shape index (κ2) is 5.22. The van der Waals surface area contributed by atoms with Crippen LogP contribution in [-0.2, 0) is 6.54 Å². The average molecular weight is 201 g/mol. The van der Waals surface area contributed by atoms with E-state index in [2.05, 4.69) is 25.1 Å². The number of rotatable bonds is 2. The topological polar surface area (TPSA) is 52.0 Å². The molecule has 0 fully saturated rings. The third-order valence-electron chi connectivity index (χ3n) is 1.92. The van der Waals surface area contributed by atoms with Gasteiger partial charge in [-0.3, -0.25) is 0 Å². The van der Waals surface area contributed by atoms with Crippen LogP contribution in [0.25, 0.3) is 0 Å². The Bertz CT molecular complexity index is 272. The quantitative estimate of drug-likeness (QED) is 0.766. The molecular formula is C10H17ClN2. The first kappa shape index (κ1) is 12.4. The third-order valence-corrected chi connectivity index (χ3v) is 1.92. The number of hydrogen-bond acceptors (Lipinski definition) is 2. The van der Waals surface area contributed by atoms with Gasteiger partial charge in [-0.15, -0.1) is 12.4 Å². The van der Waals surface area contributed by atoms with Crippen LogP contribution in [0.5, 0.6) is 0 Å². The second-order valence-corrected chi connectivity index (χ2v) is 3.24. The van der Waals surface area contributed by atoms with Crippen molar-refractivity contribution in [2.75, 3.05) is 0 Å². The fourth-order valence-electron chi connectivity index (χ4n) is 1.28. The van der Waals surface area contributed by atoms with Crippen molar-refractivity contribution in [1.29, 1.82) is 0 Å². The largest absolute Gasteiger partial charge is 0.326 e. The van der Waals surface area contributed by atoms with Crippen molar-refractivity contribution in [3.8, 4) is 0 Å². The summed E-state index contributed by atoms with van der Waals surface area (Å²) in [4.78, 5) is 0. The summed E-state index contributed by atoms with van der Waals surface area (Å²) in [6, 6.07) is 6.35. The van der Waals surface area contributed by atoms with Crippen molar-refractivity contribution in [3.63, 3.8) is 0 Å². The maximum atomic E-state index is 5.77. The van der Waals surface area contributed by atoms with E-state index < -0.39 is 0 Å². The SMILES string of the molecule is Cc1cc(CN)cc(C(C)N)c1.Cl. The summed E-state index contributed by atoms with van der Waals surface area (Å²) in [7, 11) is 0. The summed E-state index contributed by atoms with van der Waals surface area (Å²) in [5.74, 6) is 0. The first-order valence-electron chi connectivity index (χ1n) is 4.19. The Morgan fingerprint density at radius 2 is 1.92 bits per heavy atom. The molecular weight excluding hydrogens is 184 g/mol. The van der Waals surface area contributed by atoms with Crippen LogP contribution in [0.2, 0.25) is 0 Å². The van der Waals surface area contributed by atoms with Crippen LogP contribution in [-0.4, -0.2) is 0 Å². The van der Waals surface area contributed by atoms with Crippen LogP contribution in [0.1, 0.15) is 29.7 Å². The Kier molecular flexibility index (Phi) is 4.99. The standard InChI is InChI=1S/C10H16N2.ClH/c1-7-3-9(6-11)5-10(4-7)8(2)12;/h3-5,8H,6,11-12H2,1-2H3;1H. The number of benzene rings is 1. The molecule has 1 aromatic rings. The molecule has 2 nitrogen and oxygen atoms in total. The van der Waals surface area contributed by atoms with E-state index in [1.54, 1.807) is 0 Å². The fraction of sp³-hybridized carbons (Fsp3) is 0.400. The van der Waals surface area contributed by atoms with E-state index in [-0.39, 0.29) is 18.4 Å². The molecule has 0 aromatic heterocycles. The van der Waals surface area contributed by atoms with Gasteiger partial charge in [0.25, 0.3) is 0 Å². The lowest BCUT2D eigenvalue weighted by Gasteiger charge is -2.08. The van der Waals surface area contributed by atoms with Gasteiger partial charge in [-0.05, 0) is 25.0 Å². The van der Waals surface area contributed by atoms with E-state index in [0.29, 0.717) is 6.54 Å². The van der Waals surface area contributed by atoms with Crippen molar-refractivity contribution < 1.29 is 0 Å². The smallest absolute Gasteiger partial charge is 0.0266 e. The summed E-state index contributed by atoms with van der Waals surface area (Å²) >= 11 is 0. The third kappa shape index (κ3) is 3.35. The molecule has 0 bridgehead atoms. The van der Waals surface area contributed by atoms with Gasteiger partial charge in [-0.25, -0.2) is 0 Å². The molecule has 4 N–H and O–H groups in total. The molecule has 0 aliphatic heterocycles. The molecule has 0 aliphatic carbocycles. The average Bonchev–Trinajstić information content (AvgIpc) is 2.03. The van der Waals surface area contributed by atoms with Gasteiger partial charge in [0.15, 0.2) is 0 Å². The molecule has 0 spiro atoms. The highest BCUT2D eigenvalue weighted by Gasteiger charge is 2.01. The fourth-order valence-corrected chi connectivity index (χ4v) is 1.28. The molecule has 1 atom stereocenters. The predicted molar refractivity (Wildman–Crippen MR) is 58.9 cm³/mol. The minimum Gasteiger partial charge on any atom is -0.326 e. The summed E-state index contributed by atoms with van der Waals surface area (Å²) < 4.78 is 0. The van der Waals surface area contributed by atoms with Crippen molar-refractivity contribution in [2.24, 2.45) is 11.5 Å². The Labute approximate surface area is 85.7 Å². The molecule has 13 heavy (non-hydrogen) atoms. The summed E-state index contributed by atoms with van der Waals surface area (Å²) in [5.41, 5.74) is 14.9. The maximum Gasteiger partial charge on any atom is 0.0266 e. The first-order valence-corrected chi connectivity index (χ1v) is 4.19. The van der Waals surface area contributed by atoms with Gasteiger partial charge in [0.2, 0.25) is 0 Å². The van der Waals surface area contributed by atoms with Gasteiger partial charge in [-0.2, -0.15) is 0 Å². The molecule has 1 rings (SSSR count). The molecule has 0 aliphatic rings. The molecule has 0 amide bonds. The predicted octanol–water partition coefficient (Wildman–Crippen LogP) is 1.90. The second-order valence-electron chi connectivity index (χ2n) is 3.24. The summed E-state index contributed by atoms with van der Waals surface area (Å²) in [6.45, 7) is 4.63. The Hall–Kier alpha value is -0.570. The lowest BCUT2D eigenvalue weighted by molar-refractivity contribution is 0.813. The molecule has 0 saturated carbocycles. The number of aryl methyl sites for hydroxylation is 1. The normalized spacial score (nSPS) is 12.0. The number of nitrogens with two attached hydrogens (primary N) is 2. The molecule has 0 saturated heterocycles. The van der Waals surface area contributed by atoms with Crippen molar-refractivity contribution >= 4 is 12.4 Å². The zero-order valence-electron chi connectivity index (χ0n) is 8.08. The Morgan fingerprint density at radius 3 is 2.38 bits per heavy atom. The van der Waals surface area contributed by atoms with Crippen LogP contribution < -0.4 is 11.5 Å². The van der Waals surface area contributed by atoms with Crippen molar-refractivity contribution in [2.45, 2.75) is 26.4 Å². The first-order chi connectivity index (χ1) is 5.63. The van der Waals surface area contributed by atoms with Crippen LogP contribution in [0.3, 0.4) is 0 Å². The highest BCUT2D eigenvalue weighted by Crippen LogP contribution is 2.14. The van der Waals surface area contributed by atoms with Gasteiger partial charge in [-0.1, -0.05) is 23.8 Å². The monoisotopic (exact) mass is 200 g/mol. The van der Waals surface area contributed by atoms with Crippen molar-refractivity contribution in [1.82, 2.24) is 0 Å². The van der Waals surface area contributed by atoms with E-state index in [1.165, 1.54) is 5.56 Å². The highest BCUT2D eigenvalue weighted by atomic mass is 35.5. The maximum absolute atomic E-state index is 5.77. The van der Waals surface area contributed by atoms with E-state index in [1.807, 2.05) is 6.92 Å². The van der Waals surface area contributed by atoms with Gasteiger partial charge in [0.05, 0.1) is 0 Å². The van der Waals surface area contributed by atoms with Crippen LogP contribution in [0, 0.1) is 6.92 Å². The summed E-state index contributed by atoms with van der Waals surface area (Å²) in [5, 5.41) is 0. The van der Waals surface area contributed by atoms with Crippen LogP contribution >= 0.6 is 12.4 Å². The minimum atomic E-state index is 0. The van der Waals surface area contributed by atoms with Gasteiger partial charge >= 0.3 is 0 Å². The molecule has 74 valence electrons. The lowest BCUT2D eigenvalue weighted by atomic mass is 10.0. The van der Waals surface area contributed by atoms with Crippen LogP contribution in [0.4, 0.5) is 0 Å². The molecule has 1 unspecified atom stereocenters. The van der Waals surface area contributed by atoms with Crippen molar-refractivity contribution in [3.05, 3.63) is 34.9 Å². The van der Waals surface area contributed by atoms with E-state index in [4.69, 9.17) is 11.5 Å². The van der Waals surface area contributed by atoms with Gasteiger partial charge < -0.3 is 11.5 Å². The minimum absolute atomic E-state index is 0. The zero-order chi connectivity index (χ0) is 9.14. The van der Waals surface area contributed by atoms with Gasteiger partial charge in [0, 0.05) is 12.6 Å². The van der Waals surface area contributed by atoms with E-state index in [9.17, 15) is 0 Å². The molecule has 1 aromatic carbocycles. The number of hydrogen-bond donors (Lipinski definition) is 2. The highest BCUT2D eigenvalue weighted by molar-refractivity contribution is 5.85. The van der Waals surface area contributed by atoms with E-state index in [0.717, 1.165) is 11.1 Å². The van der Waals surface area contributed by atoms with Crippen LogP contribution in [0.15, 0.2) is 18.2 Å². The Morgan fingerprint density at radius 1 is 1.31 bits per heavy atom. The van der Waals surface area contributed by atoms with Gasteiger partial charge in [0.1, 0.15) is 0 Å². The lowest BCUT2D eigenvalue weighted by Crippen LogP contribution is -2.07. The zero-order valence-corrected chi connectivity index (χ0v) is 8.90. The number of halogens is 1. The molecule has 3 heteroatoms. The summed E-state index contributed by atoms with van der Waals surface area (Å²) in [6.07, 6.45) is 0. The van der Waals surface area contributed by atoms with E-state index >= 15 is 0 Å².